The summed E-state index contributed by atoms with van der Waals surface area (Å²) < 4.78 is 35.7. The monoisotopic (exact) mass is 399 g/mol. The minimum absolute atomic E-state index is 0.0311. The molecule has 0 atom stereocenters. The van der Waals surface area contributed by atoms with Crippen LogP contribution in [-0.2, 0) is 10.1 Å². The zero-order valence-electron chi connectivity index (χ0n) is 12.4. The van der Waals surface area contributed by atoms with Crippen LogP contribution in [0.5, 0.6) is 11.5 Å². The third-order valence-corrected chi connectivity index (χ3v) is 5.19. The van der Waals surface area contributed by atoms with Crippen LogP contribution in [0.1, 0.15) is 15.9 Å². The molecular formula is C15H14BrNO5S. The van der Waals surface area contributed by atoms with Crippen molar-refractivity contribution in [3.63, 3.8) is 0 Å². The molecule has 1 amide bonds. The normalized spacial score (nSPS) is 11.1. The molecule has 2 aromatic rings. The van der Waals surface area contributed by atoms with Crippen LogP contribution in [0.2, 0.25) is 0 Å². The van der Waals surface area contributed by atoms with Crippen LogP contribution >= 0.6 is 15.9 Å². The lowest BCUT2D eigenvalue weighted by Gasteiger charge is -2.12. The van der Waals surface area contributed by atoms with E-state index in [1.54, 1.807) is 13.0 Å². The summed E-state index contributed by atoms with van der Waals surface area (Å²) in [6, 6.07) is 8.60. The summed E-state index contributed by atoms with van der Waals surface area (Å²) >= 11 is 3.30. The average molecular weight is 400 g/mol. The zero-order valence-corrected chi connectivity index (χ0v) is 14.8. The number of ether oxygens (including phenoxy) is 1. The highest BCUT2D eigenvalue weighted by atomic mass is 79.9. The molecule has 0 fully saturated rings. The molecule has 0 aliphatic heterocycles. The summed E-state index contributed by atoms with van der Waals surface area (Å²) in [7, 11) is -2.71. The summed E-state index contributed by atoms with van der Waals surface area (Å²) in [4.78, 5) is 11.4. The van der Waals surface area contributed by atoms with Crippen molar-refractivity contribution in [3.05, 3.63) is 52.0 Å². The van der Waals surface area contributed by atoms with E-state index in [9.17, 15) is 13.2 Å². The van der Waals surface area contributed by atoms with Gasteiger partial charge >= 0.3 is 10.1 Å². The van der Waals surface area contributed by atoms with Crippen LogP contribution in [-0.4, -0.2) is 21.4 Å². The van der Waals surface area contributed by atoms with Gasteiger partial charge in [0.25, 0.3) is 5.91 Å². The summed E-state index contributed by atoms with van der Waals surface area (Å²) in [5, 5.41) is 0. The standard InChI is InChI=1S/C15H14BrNO5S/c1-9-7-11(4-6-13(9)16)23(19,20)22-14-8-10(21-2)3-5-12(14)15(17)18/h3-8H,1-2H3,(H2,17,18). The fourth-order valence-electron chi connectivity index (χ4n) is 1.84. The minimum Gasteiger partial charge on any atom is -0.497 e. The number of benzene rings is 2. The second-order valence-corrected chi connectivity index (χ2v) is 7.08. The molecule has 0 heterocycles. The van der Waals surface area contributed by atoms with E-state index < -0.39 is 16.0 Å². The molecule has 2 N–H and O–H groups in total. The maximum absolute atomic E-state index is 12.4. The number of amides is 1. The van der Waals surface area contributed by atoms with E-state index in [2.05, 4.69) is 15.9 Å². The molecule has 0 aliphatic carbocycles. The van der Waals surface area contributed by atoms with Crippen molar-refractivity contribution in [3.8, 4) is 11.5 Å². The fourth-order valence-corrected chi connectivity index (χ4v) is 3.11. The Balaban J connectivity index is 2.47. The van der Waals surface area contributed by atoms with Crippen LogP contribution in [0.3, 0.4) is 0 Å². The SMILES string of the molecule is COc1ccc(C(N)=O)c(OS(=O)(=O)c2ccc(Br)c(C)c2)c1. The van der Waals surface area contributed by atoms with E-state index in [4.69, 9.17) is 14.7 Å². The first-order valence-electron chi connectivity index (χ1n) is 6.43. The van der Waals surface area contributed by atoms with E-state index in [-0.39, 0.29) is 16.2 Å². The zero-order chi connectivity index (χ0) is 17.2. The predicted molar refractivity (Wildman–Crippen MR) is 88.2 cm³/mol. The number of carbonyl (C=O) groups is 1. The lowest BCUT2D eigenvalue weighted by Crippen LogP contribution is -2.16. The van der Waals surface area contributed by atoms with Crippen molar-refractivity contribution >= 4 is 32.0 Å². The molecule has 8 heteroatoms. The first kappa shape index (κ1) is 17.3. The molecule has 2 aromatic carbocycles. The van der Waals surface area contributed by atoms with E-state index in [1.165, 1.54) is 37.4 Å². The van der Waals surface area contributed by atoms with Gasteiger partial charge in [0, 0.05) is 10.5 Å². The van der Waals surface area contributed by atoms with Crippen LogP contribution in [0.15, 0.2) is 45.8 Å². The highest BCUT2D eigenvalue weighted by molar-refractivity contribution is 9.10. The first-order valence-corrected chi connectivity index (χ1v) is 8.63. The van der Waals surface area contributed by atoms with Crippen LogP contribution in [0, 0.1) is 6.92 Å². The van der Waals surface area contributed by atoms with Gasteiger partial charge in [-0.3, -0.25) is 4.79 Å². The minimum atomic E-state index is -4.12. The molecular weight excluding hydrogens is 386 g/mol. The third-order valence-electron chi connectivity index (χ3n) is 3.07. The Morgan fingerprint density at radius 2 is 1.87 bits per heavy atom. The lowest BCUT2D eigenvalue weighted by atomic mass is 10.2. The number of primary amides is 1. The summed E-state index contributed by atoms with van der Waals surface area (Å²) in [6.07, 6.45) is 0. The Bertz CT molecular complexity index is 864. The summed E-state index contributed by atoms with van der Waals surface area (Å²) in [5.74, 6) is -0.644. The molecule has 0 bridgehead atoms. The molecule has 23 heavy (non-hydrogen) atoms. The third kappa shape index (κ3) is 3.83. The van der Waals surface area contributed by atoms with Gasteiger partial charge in [-0.25, -0.2) is 0 Å². The quantitative estimate of drug-likeness (QED) is 0.779. The van der Waals surface area contributed by atoms with Gasteiger partial charge in [-0.1, -0.05) is 15.9 Å². The predicted octanol–water partition coefficient (Wildman–Crippen LogP) is 2.63. The van der Waals surface area contributed by atoms with Crippen LogP contribution in [0.25, 0.3) is 0 Å². The molecule has 0 saturated carbocycles. The van der Waals surface area contributed by atoms with Crippen molar-refractivity contribution in [2.45, 2.75) is 11.8 Å². The number of hydrogen-bond donors (Lipinski definition) is 1. The topological polar surface area (TPSA) is 95.7 Å². The Labute approximate surface area is 142 Å². The molecule has 2 rings (SSSR count). The van der Waals surface area contributed by atoms with Gasteiger partial charge in [0.1, 0.15) is 10.6 Å². The molecule has 0 saturated heterocycles. The highest BCUT2D eigenvalue weighted by Crippen LogP contribution is 2.28. The number of nitrogens with two attached hydrogens (primary N) is 1. The van der Waals surface area contributed by atoms with Crippen LogP contribution in [0.4, 0.5) is 0 Å². The molecule has 122 valence electrons. The second kappa shape index (κ2) is 6.59. The number of aryl methyl sites for hydroxylation is 1. The largest absolute Gasteiger partial charge is 0.497 e. The number of rotatable bonds is 5. The van der Waals surface area contributed by atoms with Gasteiger partial charge in [0.15, 0.2) is 5.75 Å². The molecule has 0 unspecified atom stereocenters. The van der Waals surface area contributed by atoms with E-state index in [1.807, 2.05) is 0 Å². The number of hydrogen-bond acceptors (Lipinski definition) is 5. The van der Waals surface area contributed by atoms with Crippen molar-refractivity contribution in [1.29, 1.82) is 0 Å². The fraction of sp³-hybridized carbons (Fsp3) is 0.133. The first-order chi connectivity index (χ1) is 10.7. The Hall–Kier alpha value is -2.06. The summed E-state index contributed by atoms with van der Waals surface area (Å²) in [5.41, 5.74) is 5.93. The molecule has 0 radical (unpaired) electrons. The molecule has 0 aliphatic rings. The van der Waals surface area contributed by atoms with Gasteiger partial charge in [-0.05, 0) is 42.8 Å². The van der Waals surface area contributed by atoms with Gasteiger partial charge < -0.3 is 14.7 Å². The van der Waals surface area contributed by atoms with Crippen molar-refractivity contribution in [1.82, 2.24) is 0 Å². The van der Waals surface area contributed by atoms with Crippen molar-refractivity contribution in [2.24, 2.45) is 5.73 Å². The maximum Gasteiger partial charge on any atom is 0.339 e. The molecule has 0 aromatic heterocycles. The molecule has 6 nitrogen and oxygen atoms in total. The van der Waals surface area contributed by atoms with Crippen molar-refractivity contribution in [2.75, 3.05) is 7.11 Å². The Kier molecular flexibility index (Phi) is 4.96. The van der Waals surface area contributed by atoms with Gasteiger partial charge in [-0.2, -0.15) is 8.42 Å². The van der Waals surface area contributed by atoms with Crippen LogP contribution < -0.4 is 14.7 Å². The maximum atomic E-state index is 12.4. The highest BCUT2D eigenvalue weighted by Gasteiger charge is 2.21. The van der Waals surface area contributed by atoms with Gasteiger partial charge in [-0.15, -0.1) is 0 Å². The summed E-state index contributed by atoms with van der Waals surface area (Å²) in [6.45, 7) is 1.75. The van der Waals surface area contributed by atoms with E-state index in [0.717, 1.165) is 10.0 Å². The molecule has 0 spiro atoms. The Morgan fingerprint density at radius 1 is 1.17 bits per heavy atom. The number of methoxy groups -OCH3 is 1. The number of carbonyl (C=O) groups excluding carboxylic acids is 1. The lowest BCUT2D eigenvalue weighted by molar-refractivity contribution is 0.0999. The number of halogens is 1. The van der Waals surface area contributed by atoms with Gasteiger partial charge in [0.2, 0.25) is 0 Å². The second-order valence-electron chi connectivity index (χ2n) is 4.67. The smallest absolute Gasteiger partial charge is 0.339 e. The van der Waals surface area contributed by atoms with E-state index in [0.29, 0.717) is 5.75 Å². The average Bonchev–Trinajstić information content (AvgIpc) is 2.49. The Morgan fingerprint density at radius 3 is 2.43 bits per heavy atom. The van der Waals surface area contributed by atoms with Gasteiger partial charge in [0.05, 0.1) is 12.7 Å². The van der Waals surface area contributed by atoms with Crippen molar-refractivity contribution < 1.29 is 22.1 Å². The van der Waals surface area contributed by atoms with E-state index >= 15 is 0 Å².